The van der Waals surface area contributed by atoms with Crippen molar-refractivity contribution in [2.24, 2.45) is 0 Å². The Kier molecular flexibility index (Phi) is 3.76. The van der Waals surface area contributed by atoms with Crippen molar-refractivity contribution in [2.45, 2.75) is 26.4 Å². The molecule has 0 spiro atoms. The Morgan fingerprint density at radius 1 is 1.89 bits per heavy atom. The van der Waals surface area contributed by atoms with Crippen molar-refractivity contribution in [2.75, 3.05) is 0 Å². The van der Waals surface area contributed by atoms with E-state index in [-0.39, 0.29) is 11.9 Å². The highest BCUT2D eigenvalue weighted by molar-refractivity contribution is 5.75. The van der Waals surface area contributed by atoms with Gasteiger partial charge < -0.3 is 4.74 Å². The molecule has 1 atom stereocenters. The van der Waals surface area contributed by atoms with Gasteiger partial charge in [-0.25, -0.2) is 0 Å². The van der Waals surface area contributed by atoms with Crippen LogP contribution in [0.15, 0.2) is 12.8 Å². The Balaban J connectivity index is 3.37. The van der Waals surface area contributed by atoms with E-state index in [2.05, 4.69) is 6.58 Å². The second kappa shape index (κ2) is 4.13. The van der Waals surface area contributed by atoms with Crippen molar-refractivity contribution in [1.29, 1.82) is 0 Å². The van der Waals surface area contributed by atoms with Gasteiger partial charge in [0.1, 0.15) is 11.9 Å². The van der Waals surface area contributed by atoms with E-state index < -0.39 is 0 Å². The predicted molar refractivity (Wildman–Crippen MR) is 36.0 cm³/mol. The molecule has 0 N–H and O–H groups in total. The van der Waals surface area contributed by atoms with Gasteiger partial charge in [-0.15, -0.1) is 0 Å². The van der Waals surface area contributed by atoms with E-state index in [1.54, 1.807) is 6.92 Å². The summed E-state index contributed by atoms with van der Waals surface area (Å²) in [4.78, 5) is 10.4. The molecule has 9 heavy (non-hydrogen) atoms. The minimum atomic E-state index is -0.0278. The molecular formula is C7H12O2. The van der Waals surface area contributed by atoms with Crippen LogP contribution in [0.2, 0.25) is 0 Å². The maximum Gasteiger partial charge on any atom is 0.133 e. The molecule has 52 valence electrons. The number of ketones is 1. The van der Waals surface area contributed by atoms with Crippen LogP contribution in [-0.4, -0.2) is 11.9 Å². The van der Waals surface area contributed by atoms with Crippen molar-refractivity contribution in [3.63, 3.8) is 0 Å². The Morgan fingerprint density at radius 3 is 2.78 bits per heavy atom. The Hall–Kier alpha value is -0.790. The van der Waals surface area contributed by atoms with Crippen LogP contribution >= 0.6 is 0 Å². The van der Waals surface area contributed by atoms with Crippen LogP contribution in [0.1, 0.15) is 20.3 Å². The lowest BCUT2D eigenvalue weighted by atomic mass is 10.2. The second-order valence-corrected chi connectivity index (χ2v) is 2.02. The number of ether oxygens (including phenoxy) is 1. The highest BCUT2D eigenvalue weighted by Gasteiger charge is 2.02. The molecule has 0 aliphatic heterocycles. The van der Waals surface area contributed by atoms with Gasteiger partial charge in [-0.3, -0.25) is 4.79 Å². The van der Waals surface area contributed by atoms with Crippen LogP contribution < -0.4 is 0 Å². The summed E-state index contributed by atoms with van der Waals surface area (Å²) in [5.41, 5.74) is 0. The summed E-state index contributed by atoms with van der Waals surface area (Å²) >= 11 is 0. The molecule has 0 fully saturated rings. The summed E-state index contributed by atoms with van der Waals surface area (Å²) in [6.07, 6.45) is 1.79. The van der Waals surface area contributed by atoms with Gasteiger partial charge in [0.25, 0.3) is 0 Å². The van der Waals surface area contributed by atoms with Gasteiger partial charge in [0.2, 0.25) is 0 Å². The number of Topliss-reactive ketones (excluding diaryl/α,β-unsaturated/α-hetero) is 1. The van der Waals surface area contributed by atoms with Crippen molar-refractivity contribution in [1.82, 2.24) is 0 Å². The molecule has 0 bridgehead atoms. The maximum atomic E-state index is 10.4. The van der Waals surface area contributed by atoms with Gasteiger partial charge in [-0.05, 0) is 13.8 Å². The van der Waals surface area contributed by atoms with E-state index in [9.17, 15) is 4.79 Å². The summed E-state index contributed by atoms with van der Waals surface area (Å²) in [5, 5.41) is 0. The average molecular weight is 128 g/mol. The van der Waals surface area contributed by atoms with Crippen LogP contribution in [0, 0.1) is 0 Å². The number of carbonyl (C=O) groups is 1. The number of carbonyl (C=O) groups excluding carboxylic acids is 1. The normalized spacial score (nSPS) is 12.2. The molecule has 0 radical (unpaired) electrons. The molecule has 0 amide bonds. The summed E-state index contributed by atoms with van der Waals surface area (Å²) in [5.74, 6) is 0.143. The minimum Gasteiger partial charge on any atom is -0.498 e. The van der Waals surface area contributed by atoms with E-state index >= 15 is 0 Å². The van der Waals surface area contributed by atoms with Gasteiger partial charge in [0.15, 0.2) is 0 Å². The molecule has 0 heterocycles. The lowest BCUT2D eigenvalue weighted by Crippen LogP contribution is -2.08. The van der Waals surface area contributed by atoms with Crippen LogP contribution in [-0.2, 0) is 9.53 Å². The third-order valence-corrected chi connectivity index (χ3v) is 0.903. The second-order valence-electron chi connectivity index (χ2n) is 2.02. The minimum absolute atomic E-state index is 0.0278. The quantitative estimate of drug-likeness (QED) is 0.536. The fraction of sp³-hybridized carbons (Fsp3) is 0.571. The van der Waals surface area contributed by atoms with Gasteiger partial charge >= 0.3 is 0 Å². The smallest absolute Gasteiger partial charge is 0.133 e. The fourth-order valence-electron chi connectivity index (χ4n) is 0.617. The Morgan fingerprint density at radius 2 is 2.44 bits per heavy atom. The Bertz CT molecular complexity index is 107. The van der Waals surface area contributed by atoms with Crippen LogP contribution in [0.25, 0.3) is 0 Å². The van der Waals surface area contributed by atoms with E-state index in [4.69, 9.17) is 4.74 Å². The summed E-state index contributed by atoms with van der Waals surface area (Å²) in [7, 11) is 0. The molecule has 0 aromatic rings. The molecule has 0 aliphatic rings. The molecule has 2 nitrogen and oxygen atoms in total. The van der Waals surface area contributed by atoms with Crippen molar-refractivity contribution < 1.29 is 9.53 Å². The molecule has 0 saturated heterocycles. The summed E-state index contributed by atoms with van der Waals surface area (Å²) in [6, 6.07) is 0. The van der Waals surface area contributed by atoms with Crippen molar-refractivity contribution in [3.05, 3.63) is 12.8 Å². The van der Waals surface area contributed by atoms with E-state index in [0.29, 0.717) is 6.42 Å². The highest BCUT2D eigenvalue weighted by Crippen LogP contribution is 1.96. The van der Waals surface area contributed by atoms with E-state index in [0.717, 1.165) is 0 Å². The lowest BCUT2D eigenvalue weighted by Gasteiger charge is -2.06. The van der Waals surface area contributed by atoms with E-state index in [1.807, 2.05) is 6.92 Å². The monoisotopic (exact) mass is 128 g/mol. The number of hydrogen-bond donors (Lipinski definition) is 0. The average Bonchev–Trinajstić information content (AvgIpc) is 1.63. The third kappa shape index (κ3) is 5.07. The van der Waals surface area contributed by atoms with Gasteiger partial charge in [-0.2, -0.15) is 0 Å². The topological polar surface area (TPSA) is 26.3 Å². The zero-order chi connectivity index (χ0) is 7.28. The summed E-state index contributed by atoms with van der Waals surface area (Å²) in [6.45, 7) is 6.76. The molecule has 0 rings (SSSR count). The third-order valence-electron chi connectivity index (χ3n) is 0.903. The molecular weight excluding hydrogens is 116 g/mol. The maximum absolute atomic E-state index is 10.4. The highest BCUT2D eigenvalue weighted by atomic mass is 16.5. The zero-order valence-electron chi connectivity index (χ0n) is 5.89. The molecule has 2 heteroatoms. The SMILES string of the molecule is C=COC(C)CC(C)=O. The van der Waals surface area contributed by atoms with Crippen molar-refractivity contribution >= 4 is 5.78 Å². The van der Waals surface area contributed by atoms with Crippen molar-refractivity contribution in [3.8, 4) is 0 Å². The molecule has 0 aliphatic carbocycles. The number of hydrogen-bond acceptors (Lipinski definition) is 2. The first-order valence-electron chi connectivity index (χ1n) is 2.92. The van der Waals surface area contributed by atoms with E-state index in [1.165, 1.54) is 6.26 Å². The summed E-state index contributed by atoms with van der Waals surface area (Å²) < 4.78 is 4.90. The predicted octanol–water partition coefficient (Wildman–Crippen LogP) is 1.51. The molecule has 0 aromatic heterocycles. The van der Waals surface area contributed by atoms with Gasteiger partial charge in [0.05, 0.1) is 6.26 Å². The largest absolute Gasteiger partial charge is 0.498 e. The Labute approximate surface area is 55.5 Å². The fourth-order valence-corrected chi connectivity index (χ4v) is 0.617. The molecule has 0 saturated carbocycles. The molecule has 0 aromatic carbocycles. The first-order chi connectivity index (χ1) is 4.16. The van der Waals surface area contributed by atoms with Crippen LogP contribution in [0.5, 0.6) is 0 Å². The van der Waals surface area contributed by atoms with Gasteiger partial charge in [0, 0.05) is 6.42 Å². The van der Waals surface area contributed by atoms with Gasteiger partial charge in [-0.1, -0.05) is 6.58 Å². The molecule has 1 unspecified atom stereocenters. The van der Waals surface area contributed by atoms with Crippen LogP contribution in [0.4, 0.5) is 0 Å². The first-order valence-corrected chi connectivity index (χ1v) is 2.92. The van der Waals surface area contributed by atoms with Crippen LogP contribution in [0.3, 0.4) is 0 Å². The standard InChI is InChI=1S/C7H12O2/c1-4-9-7(3)5-6(2)8/h4,7H,1,5H2,2-3H3. The zero-order valence-corrected chi connectivity index (χ0v) is 5.89. The first kappa shape index (κ1) is 8.21. The number of rotatable bonds is 4. The lowest BCUT2D eigenvalue weighted by molar-refractivity contribution is -0.118.